The number of hydrogen-bond donors (Lipinski definition) is 1. The lowest BCUT2D eigenvalue weighted by atomic mass is 10.3. The molecular weight excluding hydrogens is 435 g/mol. The van der Waals surface area contributed by atoms with Crippen LogP contribution in [0.5, 0.6) is 5.75 Å². The zero-order chi connectivity index (χ0) is 21.7. The number of carbonyl (C=O) groups is 1. The number of furan rings is 1. The van der Waals surface area contributed by atoms with E-state index in [-0.39, 0.29) is 29.7 Å². The number of para-hydroxylation sites is 2. The SMILES string of the molecule is Cc1nn(CCCNC(=O)c2ccc(COc3ccccc3[N+](=O)[O-])o2)c(Cl)c1Cl. The van der Waals surface area contributed by atoms with Gasteiger partial charge in [-0.2, -0.15) is 5.10 Å². The first-order valence-electron chi connectivity index (χ1n) is 8.98. The summed E-state index contributed by atoms with van der Waals surface area (Å²) in [5.74, 6) is 0.226. The van der Waals surface area contributed by atoms with Crippen LogP contribution in [-0.4, -0.2) is 27.2 Å². The first-order chi connectivity index (χ1) is 14.4. The van der Waals surface area contributed by atoms with Gasteiger partial charge in [0.05, 0.1) is 10.6 Å². The molecule has 0 fully saturated rings. The van der Waals surface area contributed by atoms with Crippen LogP contribution in [0.1, 0.15) is 28.4 Å². The van der Waals surface area contributed by atoms with Gasteiger partial charge in [0.2, 0.25) is 0 Å². The van der Waals surface area contributed by atoms with Crippen LogP contribution in [0, 0.1) is 17.0 Å². The Morgan fingerprint density at radius 1 is 1.30 bits per heavy atom. The largest absolute Gasteiger partial charge is 0.479 e. The van der Waals surface area contributed by atoms with Gasteiger partial charge in [-0.1, -0.05) is 35.3 Å². The molecule has 9 nitrogen and oxygen atoms in total. The Morgan fingerprint density at radius 2 is 2.07 bits per heavy atom. The van der Waals surface area contributed by atoms with Crippen LogP contribution in [-0.2, 0) is 13.2 Å². The number of rotatable bonds is 9. The van der Waals surface area contributed by atoms with Crippen LogP contribution in [0.4, 0.5) is 5.69 Å². The smallest absolute Gasteiger partial charge is 0.310 e. The number of aromatic nitrogens is 2. The second-order valence-electron chi connectivity index (χ2n) is 6.30. The lowest BCUT2D eigenvalue weighted by molar-refractivity contribution is -0.386. The summed E-state index contributed by atoms with van der Waals surface area (Å²) in [5, 5.41) is 18.8. The normalized spacial score (nSPS) is 10.8. The number of nitro benzene ring substituents is 1. The van der Waals surface area contributed by atoms with Gasteiger partial charge in [0.15, 0.2) is 11.5 Å². The molecule has 2 aromatic heterocycles. The number of ether oxygens (including phenoxy) is 1. The fourth-order valence-electron chi connectivity index (χ4n) is 2.65. The number of carbonyl (C=O) groups excluding carboxylic acids is 1. The van der Waals surface area contributed by atoms with E-state index in [0.29, 0.717) is 41.1 Å². The summed E-state index contributed by atoms with van der Waals surface area (Å²) in [5.41, 5.74) is 0.507. The Morgan fingerprint density at radius 3 is 2.77 bits per heavy atom. The first kappa shape index (κ1) is 21.7. The molecule has 0 atom stereocenters. The quantitative estimate of drug-likeness (QED) is 0.292. The number of aryl methyl sites for hydroxylation is 2. The molecule has 30 heavy (non-hydrogen) atoms. The van der Waals surface area contributed by atoms with Gasteiger partial charge in [0, 0.05) is 19.2 Å². The molecule has 3 aromatic rings. The van der Waals surface area contributed by atoms with Crippen LogP contribution < -0.4 is 10.1 Å². The standard InChI is InChI=1S/C19H18Cl2N4O5/c1-12-17(20)18(21)24(23-12)10-4-9-22-19(26)16-8-7-13(30-16)11-29-15-6-3-2-5-14(15)25(27)28/h2-3,5-8H,4,9-11H2,1H3,(H,22,26). The Hall–Kier alpha value is -3.04. The third kappa shape index (κ3) is 5.11. The van der Waals surface area contributed by atoms with E-state index < -0.39 is 4.92 Å². The molecule has 0 unspecified atom stereocenters. The predicted octanol–water partition coefficient (Wildman–Crippen LogP) is 4.40. The Balaban J connectivity index is 1.48. The highest BCUT2D eigenvalue weighted by Crippen LogP contribution is 2.27. The van der Waals surface area contributed by atoms with E-state index in [0.717, 1.165) is 0 Å². The first-order valence-corrected chi connectivity index (χ1v) is 9.74. The van der Waals surface area contributed by atoms with Gasteiger partial charge >= 0.3 is 5.69 Å². The molecule has 0 aliphatic carbocycles. The molecule has 158 valence electrons. The van der Waals surface area contributed by atoms with Crippen molar-refractivity contribution in [2.75, 3.05) is 6.54 Å². The minimum absolute atomic E-state index is 0.0456. The number of hydrogen-bond acceptors (Lipinski definition) is 6. The van der Waals surface area contributed by atoms with Crippen molar-refractivity contribution >= 4 is 34.8 Å². The van der Waals surface area contributed by atoms with Crippen molar-refractivity contribution in [2.24, 2.45) is 0 Å². The van der Waals surface area contributed by atoms with Gasteiger partial charge in [0.25, 0.3) is 5.91 Å². The molecular formula is C19H18Cl2N4O5. The molecule has 0 saturated heterocycles. The summed E-state index contributed by atoms with van der Waals surface area (Å²) in [6, 6.07) is 9.13. The molecule has 0 radical (unpaired) electrons. The molecule has 1 N–H and O–H groups in total. The molecule has 0 bridgehead atoms. The van der Waals surface area contributed by atoms with Crippen molar-refractivity contribution in [2.45, 2.75) is 26.5 Å². The number of nitro groups is 1. The maximum atomic E-state index is 12.2. The Bertz CT molecular complexity index is 1060. The van der Waals surface area contributed by atoms with Crippen molar-refractivity contribution in [3.05, 3.63) is 73.9 Å². The van der Waals surface area contributed by atoms with E-state index in [2.05, 4.69) is 10.4 Å². The van der Waals surface area contributed by atoms with E-state index in [1.165, 1.54) is 18.2 Å². The predicted molar refractivity (Wildman–Crippen MR) is 110 cm³/mol. The van der Waals surface area contributed by atoms with Crippen molar-refractivity contribution < 1.29 is 18.9 Å². The van der Waals surface area contributed by atoms with E-state index in [9.17, 15) is 14.9 Å². The van der Waals surface area contributed by atoms with Crippen LogP contribution in [0.25, 0.3) is 0 Å². The minimum Gasteiger partial charge on any atom is -0.479 e. The van der Waals surface area contributed by atoms with Crippen molar-refractivity contribution in [1.29, 1.82) is 0 Å². The summed E-state index contributed by atoms with van der Waals surface area (Å²) in [6.45, 7) is 2.60. The minimum atomic E-state index is -0.526. The molecule has 11 heteroatoms. The van der Waals surface area contributed by atoms with Gasteiger partial charge in [0.1, 0.15) is 22.5 Å². The third-order valence-corrected chi connectivity index (χ3v) is 5.08. The van der Waals surface area contributed by atoms with Crippen molar-refractivity contribution in [1.82, 2.24) is 15.1 Å². The fraction of sp³-hybridized carbons (Fsp3) is 0.263. The summed E-state index contributed by atoms with van der Waals surface area (Å²) in [4.78, 5) is 22.7. The number of halogens is 2. The molecule has 3 rings (SSSR count). The van der Waals surface area contributed by atoms with Crippen LogP contribution >= 0.6 is 23.2 Å². The maximum absolute atomic E-state index is 12.2. The summed E-state index contributed by atoms with van der Waals surface area (Å²) in [6.07, 6.45) is 0.595. The lowest BCUT2D eigenvalue weighted by Crippen LogP contribution is -2.25. The zero-order valence-corrected chi connectivity index (χ0v) is 17.4. The monoisotopic (exact) mass is 452 g/mol. The van der Waals surface area contributed by atoms with Crippen molar-refractivity contribution in [3.8, 4) is 5.75 Å². The molecule has 0 aliphatic heterocycles. The highest BCUT2D eigenvalue weighted by atomic mass is 35.5. The highest BCUT2D eigenvalue weighted by molar-refractivity contribution is 6.41. The number of amides is 1. The van der Waals surface area contributed by atoms with Gasteiger partial charge in [-0.15, -0.1) is 0 Å². The molecule has 1 aromatic carbocycles. The van der Waals surface area contributed by atoms with Crippen LogP contribution in [0.15, 0.2) is 40.8 Å². The number of benzene rings is 1. The molecule has 0 spiro atoms. The molecule has 2 heterocycles. The van der Waals surface area contributed by atoms with E-state index in [4.69, 9.17) is 32.4 Å². The van der Waals surface area contributed by atoms with E-state index in [1.54, 1.807) is 29.8 Å². The molecule has 0 aliphatic rings. The van der Waals surface area contributed by atoms with Crippen LogP contribution in [0.2, 0.25) is 10.2 Å². The van der Waals surface area contributed by atoms with E-state index >= 15 is 0 Å². The number of nitrogens with one attached hydrogen (secondary N) is 1. The third-order valence-electron chi connectivity index (χ3n) is 4.15. The second kappa shape index (κ2) is 9.64. The lowest BCUT2D eigenvalue weighted by Gasteiger charge is -2.05. The Kier molecular flexibility index (Phi) is 6.96. The molecule has 1 amide bonds. The Labute approximate surface area is 181 Å². The van der Waals surface area contributed by atoms with E-state index in [1.807, 2.05) is 0 Å². The van der Waals surface area contributed by atoms with Crippen LogP contribution in [0.3, 0.4) is 0 Å². The zero-order valence-electron chi connectivity index (χ0n) is 15.9. The molecule has 0 saturated carbocycles. The van der Waals surface area contributed by atoms with Gasteiger partial charge in [-0.3, -0.25) is 19.6 Å². The second-order valence-corrected chi connectivity index (χ2v) is 7.04. The average Bonchev–Trinajstić information content (AvgIpc) is 3.30. The summed E-state index contributed by atoms with van der Waals surface area (Å²) in [7, 11) is 0. The average molecular weight is 453 g/mol. The highest BCUT2D eigenvalue weighted by Gasteiger charge is 2.16. The van der Waals surface area contributed by atoms with Gasteiger partial charge in [-0.05, 0) is 31.5 Å². The topological polar surface area (TPSA) is 112 Å². The maximum Gasteiger partial charge on any atom is 0.310 e. The fourth-order valence-corrected chi connectivity index (χ4v) is 3.05. The number of nitrogens with zero attached hydrogens (tertiary/aromatic N) is 3. The van der Waals surface area contributed by atoms with Gasteiger partial charge in [-0.25, -0.2) is 0 Å². The van der Waals surface area contributed by atoms with Crippen molar-refractivity contribution in [3.63, 3.8) is 0 Å². The summed E-state index contributed by atoms with van der Waals surface area (Å²) < 4.78 is 12.5. The van der Waals surface area contributed by atoms with Gasteiger partial charge < -0.3 is 14.5 Å². The summed E-state index contributed by atoms with van der Waals surface area (Å²) >= 11 is 12.1.